The van der Waals surface area contributed by atoms with Gasteiger partial charge in [-0.2, -0.15) is 4.98 Å². The van der Waals surface area contributed by atoms with E-state index in [1.807, 2.05) is 23.5 Å². The zero-order valence-electron chi connectivity index (χ0n) is 16.8. The van der Waals surface area contributed by atoms with Crippen LogP contribution in [-0.4, -0.2) is 34.1 Å². The lowest BCUT2D eigenvalue weighted by molar-refractivity contribution is 0.284. The third-order valence-electron chi connectivity index (χ3n) is 6.10. The van der Waals surface area contributed by atoms with Crippen LogP contribution in [0, 0.1) is 0 Å². The molecular formula is C23H28N4OS. The van der Waals surface area contributed by atoms with Crippen molar-refractivity contribution in [1.82, 2.24) is 20.3 Å². The summed E-state index contributed by atoms with van der Waals surface area (Å²) in [4.78, 5) is 16.4. The van der Waals surface area contributed by atoms with Crippen molar-refractivity contribution in [3.05, 3.63) is 35.0 Å². The molecule has 0 saturated heterocycles. The molecule has 29 heavy (non-hydrogen) atoms. The summed E-state index contributed by atoms with van der Waals surface area (Å²) in [5.74, 6) is 1.49. The number of aryl methyl sites for hydroxylation is 2. The zero-order chi connectivity index (χ0) is 19.5. The van der Waals surface area contributed by atoms with Crippen molar-refractivity contribution in [3.8, 4) is 17.3 Å². The highest BCUT2D eigenvalue weighted by molar-refractivity contribution is 7.18. The van der Waals surface area contributed by atoms with Gasteiger partial charge in [0.1, 0.15) is 11.4 Å². The average Bonchev–Trinajstić information content (AvgIpc) is 3.16. The predicted molar refractivity (Wildman–Crippen MR) is 118 cm³/mol. The molecule has 5 nitrogen and oxygen atoms in total. The van der Waals surface area contributed by atoms with Crippen molar-refractivity contribution in [2.45, 2.75) is 63.8 Å². The molecule has 0 unspecified atom stereocenters. The van der Waals surface area contributed by atoms with Gasteiger partial charge in [0, 0.05) is 35.4 Å². The molecule has 3 aromatic heterocycles. The second kappa shape index (κ2) is 8.76. The lowest BCUT2D eigenvalue weighted by Gasteiger charge is -2.22. The maximum atomic E-state index is 6.27. The molecule has 6 heteroatoms. The number of ether oxygens (including phenoxy) is 1. The third kappa shape index (κ3) is 4.14. The molecule has 152 valence electrons. The summed E-state index contributed by atoms with van der Waals surface area (Å²) >= 11 is 1.82. The minimum Gasteiger partial charge on any atom is -0.476 e. The Morgan fingerprint density at radius 1 is 1.00 bits per heavy atom. The SMILES string of the molecule is c1cc(-c2nc(OCCNC3CCCCC3)c3c4c(sc3n2)CCCC4)ccn1. The van der Waals surface area contributed by atoms with E-state index >= 15 is 0 Å². The summed E-state index contributed by atoms with van der Waals surface area (Å²) in [6, 6.07) is 4.57. The van der Waals surface area contributed by atoms with Gasteiger partial charge >= 0.3 is 0 Å². The second-order valence-electron chi connectivity index (χ2n) is 8.12. The molecule has 5 rings (SSSR count). The summed E-state index contributed by atoms with van der Waals surface area (Å²) in [5, 5.41) is 4.82. The number of aromatic nitrogens is 3. The average molecular weight is 409 g/mol. The molecule has 0 aromatic carbocycles. The molecule has 0 atom stereocenters. The maximum absolute atomic E-state index is 6.27. The van der Waals surface area contributed by atoms with E-state index in [1.54, 1.807) is 12.4 Å². The highest BCUT2D eigenvalue weighted by Crippen LogP contribution is 2.40. The molecule has 0 amide bonds. The van der Waals surface area contributed by atoms with Gasteiger partial charge in [0.2, 0.25) is 5.88 Å². The van der Waals surface area contributed by atoms with Crippen molar-refractivity contribution in [3.63, 3.8) is 0 Å². The molecule has 1 N–H and O–H groups in total. The summed E-state index contributed by atoms with van der Waals surface area (Å²) in [7, 11) is 0. The topological polar surface area (TPSA) is 59.9 Å². The molecule has 0 radical (unpaired) electrons. The fraction of sp³-hybridized carbons (Fsp3) is 0.522. The van der Waals surface area contributed by atoms with E-state index in [2.05, 4.69) is 10.3 Å². The Hall–Kier alpha value is -2.05. The molecule has 3 aromatic rings. The van der Waals surface area contributed by atoms with E-state index < -0.39 is 0 Å². The fourth-order valence-corrected chi connectivity index (χ4v) is 5.83. The first-order valence-corrected chi connectivity index (χ1v) is 11.8. The quantitative estimate of drug-likeness (QED) is 0.586. The van der Waals surface area contributed by atoms with E-state index in [4.69, 9.17) is 14.7 Å². The van der Waals surface area contributed by atoms with Gasteiger partial charge in [-0.15, -0.1) is 11.3 Å². The fourth-order valence-electron chi connectivity index (χ4n) is 4.58. The van der Waals surface area contributed by atoms with Crippen molar-refractivity contribution < 1.29 is 4.74 Å². The van der Waals surface area contributed by atoms with E-state index in [1.165, 1.54) is 55.4 Å². The highest BCUT2D eigenvalue weighted by atomic mass is 32.1. The Bertz CT molecular complexity index is 966. The van der Waals surface area contributed by atoms with Crippen LogP contribution in [0.2, 0.25) is 0 Å². The van der Waals surface area contributed by atoms with Gasteiger partial charge in [0.25, 0.3) is 0 Å². The first kappa shape index (κ1) is 18.9. The van der Waals surface area contributed by atoms with Crippen LogP contribution in [0.5, 0.6) is 5.88 Å². The minimum absolute atomic E-state index is 0.642. The van der Waals surface area contributed by atoms with Gasteiger partial charge < -0.3 is 10.1 Å². The van der Waals surface area contributed by atoms with Crippen LogP contribution in [0.15, 0.2) is 24.5 Å². The van der Waals surface area contributed by atoms with E-state index in [-0.39, 0.29) is 0 Å². The van der Waals surface area contributed by atoms with Gasteiger partial charge in [-0.3, -0.25) is 4.98 Å². The number of fused-ring (bicyclic) bond motifs is 3. The Labute approximate surface area is 176 Å². The highest BCUT2D eigenvalue weighted by Gasteiger charge is 2.22. The lowest BCUT2D eigenvalue weighted by atomic mass is 9.96. The largest absolute Gasteiger partial charge is 0.476 e. The molecular weight excluding hydrogens is 380 g/mol. The van der Waals surface area contributed by atoms with Crippen LogP contribution in [0.25, 0.3) is 21.6 Å². The number of hydrogen-bond donors (Lipinski definition) is 1. The Morgan fingerprint density at radius 2 is 1.83 bits per heavy atom. The number of nitrogens with zero attached hydrogens (tertiary/aromatic N) is 3. The molecule has 3 heterocycles. The maximum Gasteiger partial charge on any atom is 0.226 e. The number of rotatable bonds is 6. The number of hydrogen-bond acceptors (Lipinski definition) is 6. The van der Waals surface area contributed by atoms with Crippen LogP contribution in [0.4, 0.5) is 0 Å². The summed E-state index contributed by atoms with van der Waals surface area (Å²) in [5.41, 5.74) is 2.41. The Morgan fingerprint density at radius 3 is 2.69 bits per heavy atom. The normalized spacial score (nSPS) is 17.4. The Kier molecular flexibility index (Phi) is 5.72. The smallest absolute Gasteiger partial charge is 0.226 e. The molecule has 2 aliphatic carbocycles. The van der Waals surface area contributed by atoms with E-state index in [9.17, 15) is 0 Å². The standard InChI is InChI=1S/C23H28N4OS/c1-2-6-17(7-3-1)25-14-15-28-22-20-18-8-4-5-9-19(18)29-23(20)27-21(26-22)16-10-12-24-13-11-16/h10-13,17,25H,1-9,14-15H2. The number of thiophene rings is 1. The van der Waals surface area contributed by atoms with E-state index in [0.717, 1.165) is 46.9 Å². The Balaban J connectivity index is 1.41. The van der Waals surface area contributed by atoms with Gasteiger partial charge in [0.15, 0.2) is 5.82 Å². The van der Waals surface area contributed by atoms with Gasteiger partial charge in [-0.1, -0.05) is 19.3 Å². The van der Waals surface area contributed by atoms with Crippen LogP contribution < -0.4 is 10.1 Å². The third-order valence-corrected chi connectivity index (χ3v) is 7.28. The van der Waals surface area contributed by atoms with Crippen molar-refractivity contribution in [2.24, 2.45) is 0 Å². The first-order chi connectivity index (χ1) is 14.4. The zero-order valence-corrected chi connectivity index (χ0v) is 17.6. The van der Waals surface area contributed by atoms with Crippen LogP contribution in [0.1, 0.15) is 55.4 Å². The predicted octanol–water partition coefficient (Wildman–Crippen LogP) is 4.93. The van der Waals surface area contributed by atoms with Crippen molar-refractivity contribution in [2.75, 3.05) is 13.2 Å². The summed E-state index contributed by atoms with van der Waals surface area (Å²) in [6.45, 7) is 1.51. The molecule has 1 saturated carbocycles. The second-order valence-corrected chi connectivity index (χ2v) is 9.20. The van der Waals surface area contributed by atoms with Gasteiger partial charge in [0.05, 0.1) is 5.39 Å². The van der Waals surface area contributed by atoms with Crippen molar-refractivity contribution >= 4 is 21.6 Å². The number of pyridine rings is 1. The molecule has 0 spiro atoms. The van der Waals surface area contributed by atoms with Crippen LogP contribution in [-0.2, 0) is 12.8 Å². The molecule has 0 aliphatic heterocycles. The molecule has 2 aliphatic rings. The molecule has 0 bridgehead atoms. The van der Waals surface area contributed by atoms with E-state index in [0.29, 0.717) is 12.6 Å². The first-order valence-electron chi connectivity index (χ1n) is 11.0. The van der Waals surface area contributed by atoms with Gasteiger partial charge in [-0.25, -0.2) is 4.98 Å². The molecule has 1 fully saturated rings. The van der Waals surface area contributed by atoms with Crippen LogP contribution >= 0.6 is 11.3 Å². The van der Waals surface area contributed by atoms with Crippen LogP contribution in [0.3, 0.4) is 0 Å². The lowest BCUT2D eigenvalue weighted by Crippen LogP contribution is -2.34. The minimum atomic E-state index is 0.642. The summed E-state index contributed by atoms with van der Waals surface area (Å²) in [6.07, 6.45) is 15.0. The van der Waals surface area contributed by atoms with Gasteiger partial charge in [-0.05, 0) is 56.2 Å². The van der Waals surface area contributed by atoms with Crippen molar-refractivity contribution in [1.29, 1.82) is 0 Å². The monoisotopic (exact) mass is 408 g/mol. The number of nitrogens with one attached hydrogen (secondary N) is 1. The summed E-state index contributed by atoms with van der Waals surface area (Å²) < 4.78 is 6.27.